The Morgan fingerprint density at radius 3 is 1.76 bits per heavy atom. The SMILES string of the molecule is OCc1c(C(F)F)cc(C(F)(F)F)c(C(F)c2ccc(C(F)(F)F)cc2)c1-c1ccc(F)cc1. The lowest BCUT2D eigenvalue weighted by atomic mass is 9.83. The third-order valence-electron chi connectivity index (χ3n) is 5.13. The van der Waals surface area contributed by atoms with Crippen LogP contribution in [0.1, 0.15) is 46.0 Å². The molecule has 0 saturated carbocycles. The van der Waals surface area contributed by atoms with Crippen LogP contribution in [-0.4, -0.2) is 5.11 Å². The van der Waals surface area contributed by atoms with Crippen LogP contribution in [0.5, 0.6) is 0 Å². The van der Waals surface area contributed by atoms with Crippen molar-refractivity contribution in [3.05, 3.63) is 93.8 Å². The largest absolute Gasteiger partial charge is 0.416 e. The van der Waals surface area contributed by atoms with E-state index in [-0.39, 0.29) is 11.6 Å². The summed E-state index contributed by atoms with van der Waals surface area (Å²) in [5.74, 6) is -0.823. The van der Waals surface area contributed by atoms with E-state index in [0.29, 0.717) is 24.3 Å². The van der Waals surface area contributed by atoms with Gasteiger partial charge in [0.25, 0.3) is 6.43 Å². The van der Waals surface area contributed by atoms with Crippen molar-refractivity contribution < 1.29 is 49.0 Å². The van der Waals surface area contributed by atoms with E-state index in [9.17, 15) is 44.6 Å². The first-order valence-electron chi connectivity index (χ1n) is 9.48. The molecular weight excluding hydrogens is 482 g/mol. The molecule has 0 heterocycles. The van der Waals surface area contributed by atoms with Crippen LogP contribution >= 0.6 is 0 Å². The molecule has 3 rings (SSSR count). The molecule has 0 saturated heterocycles. The van der Waals surface area contributed by atoms with Gasteiger partial charge in [0.15, 0.2) is 6.17 Å². The summed E-state index contributed by atoms with van der Waals surface area (Å²) in [6.45, 7) is -1.21. The Morgan fingerprint density at radius 1 is 0.765 bits per heavy atom. The highest BCUT2D eigenvalue weighted by Crippen LogP contribution is 2.47. The number of hydrogen-bond donors (Lipinski definition) is 1. The molecule has 0 amide bonds. The fourth-order valence-electron chi connectivity index (χ4n) is 3.58. The van der Waals surface area contributed by atoms with Crippen molar-refractivity contribution in [2.45, 2.75) is 31.6 Å². The minimum absolute atomic E-state index is 0.00917. The molecule has 0 aromatic heterocycles. The standard InChI is InChI=1S/C23H14F10O/c24-14-7-3-11(4-8-14)18-16(10-34)15(21(26)27)9-17(23(31,32)33)19(18)20(25)12-1-5-13(6-2-12)22(28,29)30/h1-9,20-21,34H,10H2. The first-order valence-corrected chi connectivity index (χ1v) is 9.48. The van der Waals surface area contributed by atoms with Crippen LogP contribution < -0.4 is 0 Å². The average molecular weight is 496 g/mol. The minimum atomic E-state index is -5.35. The number of aliphatic hydroxyl groups is 1. The molecule has 1 N–H and O–H groups in total. The van der Waals surface area contributed by atoms with Crippen molar-refractivity contribution in [1.82, 2.24) is 0 Å². The van der Waals surface area contributed by atoms with Gasteiger partial charge < -0.3 is 5.11 Å². The lowest BCUT2D eigenvalue weighted by molar-refractivity contribution is -0.139. The highest BCUT2D eigenvalue weighted by Gasteiger charge is 2.40. The maximum atomic E-state index is 15.6. The second-order valence-corrected chi connectivity index (χ2v) is 7.23. The Balaban J connectivity index is 2.38. The molecule has 0 aliphatic carbocycles. The van der Waals surface area contributed by atoms with Gasteiger partial charge in [0.1, 0.15) is 5.82 Å². The summed E-state index contributed by atoms with van der Waals surface area (Å²) in [5.41, 5.74) is -7.77. The van der Waals surface area contributed by atoms with E-state index in [1.165, 1.54) is 0 Å². The molecule has 34 heavy (non-hydrogen) atoms. The van der Waals surface area contributed by atoms with Crippen LogP contribution in [-0.2, 0) is 19.0 Å². The predicted molar refractivity (Wildman–Crippen MR) is 102 cm³/mol. The maximum Gasteiger partial charge on any atom is 0.416 e. The summed E-state index contributed by atoms with van der Waals surface area (Å²) >= 11 is 0. The van der Waals surface area contributed by atoms with Gasteiger partial charge in [0, 0.05) is 11.1 Å². The van der Waals surface area contributed by atoms with Crippen LogP contribution in [0.2, 0.25) is 0 Å². The lowest BCUT2D eigenvalue weighted by Gasteiger charge is -2.25. The second-order valence-electron chi connectivity index (χ2n) is 7.23. The molecule has 0 spiro atoms. The Hall–Kier alpha value is -3.08. The molecule has 11 heteroatoms. The van der Waals surface area contributed by atoms with Crippen LogP contribution in [0.15, 0.2) is 54.6 Å². The van der Waals surface area contributed by atoms with E-state index in [1.54, 1.807) is 0 Å². The molecule has 3 aromatic rings. The second kappa shape index (κ2) is 9.28. The molecule has 0 aliphatic rings. The van der Waals surface area contributed by atoms with Gasteiger partial charge in [0.05, 0.1) is 17.7 Å². The molecule has 1 unspecified atom stereocenters. The minimum Gasteiger partial charge on any atom is -0.392 e. The molecule has 0 radical (unpaired) electrons. The molecule has 3 aromatic carbocycles. The van der Waals surface area contributed by atoms with Crippen molar-refractivity contribution >= 4 is 0 Å². The smallest absolute Gasteiger partial charge is 0.392 e. The highest BCUT2D eigenvalue weighted by atomic mass is 19.4. The first kappa shape index (κ1) is 25.5. The molecular formula is C23H14F10O. The maximum absolute atomic E-state index is 15.6. The summed E-state index contributed by atoms with van der Waals surface area (Å²) in [7, 11) is 0. The van der Waals surface area contributed by atoms with Crippen molar-refractivity contribution in [3.63, 3.8) is 0 Å². The quantitative estimate of drug-likeness (QED) is 0.355. The summed E-state index contributed by atoms with van der Waals surface area (Å²) < 4.78 is 136. The van der Waals surface area contributed by atoms with Crippen LogP contribution in [0, 0.1) is 5.82 Å². The Bertz CT molecular complexity index is 1150. The molecule has 1 nitrogen and oxygen atoms in total. The van der Waals surface area contributed by atoms with E-state index < -0.39 is 76.3 Å². The third-order valence-corrected chi connectivity index (χ3v) is 5.13. The predicted octanol–water partition coefficient (Wildman–Crippen LogP) is 8.02. The van der Waals surface area contributed by atoms with Crippen molar-refractivity contribution in [1.29, 1.82) is 0 Å². The van der Waals surface area contributed by atoms with Gasteiger partial charge in [-0.2, -0.15) is 26.3 Å². The number of rotatable bonds is 5. The van der Waals surface area contributed by atoms with Gasteiger partial charge in [-0.3, -0.25) is 0 Å². The monoisotopic (exact) mass is 496 g/mol. The summed E-state index contributed by atoms with van der Waals surface area (Å²) in [6, 6.07) is 5.63. The van der Waals surface area contributed by atoms with Gasteiger partial charge in [-0.25, -0.2) is 17.6 Å². The topological polar surface area (TPSA) is 20.2 Å². The van der Waals surface area contributed by atoms with Crippen LogP contribution in [0.3, 0.4) is 0 Å². The number of aliphatic hydroxyl groups excluding tert-OH is 1. The third kappa shape index (κ3) is 5.03. The zero-order chi connectivity index (χ0) is 25.4. The van der Waals surface area contributed by atoms with Crippen molar-refractivity contribution in [3.8, 4) is 11.1 Å². The molecule has 0 aliphatic heterocycles. The van der Waals surface area contributed by atoms with E-state index >= 15 is 4.39 Å². The number of halogens is 10. The molecule has 0 fully saturated rings. The Morgan fingerprint density at radius 2 is 1.32 bits per heavy atom. The fourth-order valence-corrected chi connectivity index (χ4v) is 3.58. The average Bonchev–Trinajstić information content (AvgIpc) is 2.76. The zero-order valence-electron chi connectivity index (χ0n) is 16.8. The van der Waals surface area contributed by atoms with Gasteiger partial charge in [-0.05, 0) is 52.6 Å². The number of alkyl halides is 9. The summed E-state index contributed by atoms with van der Waals surface area (Å²) in [4.78, 5) is 0. The normalized spacial score (nSPS) is 13.4. The van der Waals surface area contributed by atoms with Crippen LogP contribution in [0.4, 0.5) is 43.9 Å². The number of benzene rings is 3. The van der Waals surface area contributed by atoms with Crippen molar-refractivity contribution in [2.75, 3.05) is 0 Å². The van der Waals surface area contributed by atoms with Gasteiger partial charge in [0.2, 0.25) is 0 Å². The van der Waals surface area contributed by atoms with E-state index in [1.807, 2.05) is 0 Å². The van der Waals surface area contributed by atoms with Crippen LogP contribution in [0.25, 0.3) is 11.1 Å². The van der Waals surface area contributed by atoms with E-state index in [4.69, 9.17) is 0 Å². The Kier molecular flexibility index (Phi) is 6.97. The van der Waals surface area contributed by atoms with Crippen molar-refractivity contribution in [2.24, 2.45) is 0 Å². The fraction of sp³-hybridized carbons (Fsp3) is 0.217. The molecule has 1 atom stereocenters. The molecule has 0 bridgehead atoms. The summed E-state index contributed by atoms with van der Waals surface area (Å²) in [5, 5.41) is 9.72. The lowest BCUT2D eigenvalue weighted by Crippen LogP contribution is -2.16. The van der Waals surface area contributed by atoms with Gasteiger partial charge in [-0.1, -0.05) is 24.3 Å². The Labute approximate surface area is 186 Å². The van der Waals surface area contributed by atoms with E-state index in [2.05, 4.69) is 0 Å². The summed E-state index contributed by atoms with van der Waals surface area (Å²) in [6.07, 6.45) is -16.3. The zero-order valence-corrected chi connectivity index (χ0v) is 16.8. The highest BCUT2D eigenvalue weighted by molar-refractivity contribution is 5.76. The van der Waals surface area contributed by atoms with Gasteiger partial charge >= 0.3 is 12.4 Å². The van der Waals surface area contributed by atoms with E-state index in [0.717, 1.165) is 24.3 Å². The molecule has 182 valence electrons. The number of hydrogen-bond acceptors (Lipinski definition) is 1. The first-order chi connectivity index (χ1) is 15.8. The van der Waals surface area contributed by atoms with Gasteiger partial charge in [-0.15, -0.1) is 0 Å².